The molecule has 0 saturated carbocycles. The van der Waals surface area contributed by atoms with Crippen LogP contribution in [0.25, 0.3) is 0 Å². The summed E-state index contributed by atoms with van der Waals surface area (Å²) < 4.78 is 49.2. The van der Waals surface area contributed by atoms with Gasteiger partial charge >= 0.3 is 0 Å². The number of carbonyl (C=O) groups excluding carboxylic acids is 2. The molecular weight excluding hydrogens is 612 g/mol. The number of ketones is 2. The Bertz CT molecular complexity index is 1580. The molecule has 10 nitrogen and oxygen atoms in total. The van der Waals surface area contributed by atoms with Crippen LogP contribution in [-0.4, -0.2) is 71.3 Å². The van der Waals surface area contributed by atoms with E-state index < -0.39 is 52.4 Å². The van der Waals surface area contributed by atoms with Gasteiger partial charge in [-0.1, -0.05) is 47.5 Å². The van der Waals surface area contributed by atoms with Crippen molar-refractivity contribution < 1.29 is 42.6 Å². The maximum absolute atomic E-state index is 16.0. The van der Waals surface area contributed by atoms with E-state index in [1.807, 2.05) is 34.6 Å². The summed E-state index contributed by atoms with van der Waals surface area (Å²) >= 11 is 0. The van der Waals surface area contributed by atoms with E-state index in [0.29, 0.717) is 19.4 Å². The zero-order chi connectivity index (χ0) is 34.4. The number of allylic oxidation sites excluding steroid dienone is 1. The Morgan fingerprint density at radius 1 is 1.06 bits per heavy atom. The summed E-state index contributed by atoms with van der Waals surface area (Å²) in [6.07, 6.45) is 2.77. The summed E-state index contributed by atoms with van der Waals surface area (Å²) in [6.45, 7) is 10.7. The van der Waals surface area contributed by atoms with Crippen molar-refractivity contribution >= 4 is 11.6 Å². The minimum absolute atomic E-state index is 0.00377. The van der Waals surface area contributed by atoms with Crippen LogP contribution in [0.4, 0.5) is 8.78 Å². The smallest absolute Gasteiger partial charge is 0.265 e. The number of hydrogen-bond acceptors (Lipinski definition) is 10. The minimum Gasteiger partial charge on any atom is -0.508 e. The van der Waals surface area contributed by atoms with Gasteiger partial charge in [-0.3, -0.25) is 14.5 Å². The molecule has 3 aliphatic rings. The Labute approximate surface area is 274 Å². The van der Waals surface area contributed by atoms with Gasteiger partial charge in [0.25, 0.3) is 5.88 Å². The number of fused-ring (bicyclic) bond motifs is 4. The van der Waals surface area contributed by atoms with Crippen LogP contribution >= 0.6 is 0 Å². The largest absolute Gasteiger partial charge is 0.508 e. The monoisotopic (exact) mass is 659 g/mol. The molecule has 258 valence electrons. The van der Waals surface area contributed by atoms with Gasteiger partial charge in [0, 0.05) is 35.7 Å². The van der Waals surface area contributed by atoms with Gasteiger partial charge in [-0.25, -0.2) is 8.78 Å². The van der Waals surface area contributed by atoms with E-state index in [-0.39, 0.29) is 83.2 Å². The van der Waals surface area contributed by atoms with E-state index in [4.69, 9.17) is 14.0 Å². The Kier molecular flexibility index (Phi) is 9.88. The third-order valence-electron chi connectivity index (χ3n) is 9.45. The molecule has 2 aromatic rings. The number of carbonyl (C=O) groups is 2. The molecule has 4 atom stereocenters. The predicted molar refractivity (Wildman–Crippen MR) is 170 cm³/mol. The van der Waals surface area contributed by atoms with Gasteiger partial charge in [0.1, 0.15) is 17.1 Å². The molecule has 1 heterocycles. The lowest BCUT2D eigenvalue weighted by Crippen LogP contribution is -2.59. The summed E-state index contributed by atoms with van der Waals surface area (Å²) in [7, 11) is 3.46. The maximum atomic E-state index is 16.0. The number of Topliss-reactive ketones (excluding diaryl/α,β-unsaturated/α-hetero) is 2. The van der Waals surface area contributed by atoms with Crippen LogP contribution in [0.2, 0.25) is 0 Å². The lowest BCUT2D eigenvalue weighted by atomic mass is 9.58. The summed E-state index contributed by atoms with van der Waals surface area (Å²) in [5, 5.41) is 31.3. The second-order valence-electron chi connectivity index (χ2n) is 14.4. The highest BCUT2D eigenvalue weighted by Gasteiger charge is 2.64. The lowest BCUT2D eigenvalue weighted by molar-refractivity contribution is -0.0560. The number of benzene rings is 1. The van der Waals surface area contributed by atoms with E-state index in [2.05, 4.69) is 10.5 Å². The number of halogens is 2. The fourth-order valence-electron chi connectivity index (χ4n) is 7.13. The molecule has 0 spiro atoms. The number of hydrogen-bond donors (Lipinski definition) is 3. The van der Waals surface area contributed by atoms with Crippen molar-refractivity contribution in [2.45, 2.75) is 91.3 Å². The normalized spacial score (nSPS) is 23.9. The van der Waals surface area contributed by atoms with Crippen LogP contribution in [0.5, 0.6) is 11.6 Å². The standard InChI is InChI=1S/C35H47F2N3O7/c1-8-10-12-45-29-20(16-38-17-34(3,4)5)26(37)25(36)19-14-18-15-21-27(40(6)7)30-24(33(39-47-30)46-13-11-9-2)32(43)35(21,44)31(42)22(18)28(41)23(19)29/h18,21,27,38,42,44H,8-17H2,1-7H3/t18-,21-,27-,35-/m0/s1. The predicted octanol–water partition coefficient (Wildman–Crippen LogP) is 5.86. The number of rotatable bonds is 12. The first-order chi connectivity index (χ1) is 22.2. The zero-order valence-corrected chi connectivity index (χ0v) is 28.4. The van der Waals surface area contributed by atoms with Crippen LogP contribution in [0.15, 0.2) is 15.9 Å². The van der Waals surface area contributed by atoms with E-state index >= 15 is 8.78 Å². The fraction of sp³-hybridized carbons (Fsp3) is 0.629. The van der Waals surface area contributed by atoms with Gasteiger partial charge in [-0.15, -0.1) is 0 Å². The van der Waals surface area contributed by atoms with E-state index in [0.717, 1.165) is 12.8 Å². The minimum atomic E-state index is -2.52. The Morgan fingerprint density at radius 2 is 1.72 bits per heavy atom. The van der Waals surface area contributed by atoms with E-state index in [1.165, 1.54) is 0 Å². The molecule has 0 amide bonds. The SMILES string of the molecule is CCCCOc1noc2c1C(=O)[C@@]1(O)C(O)=C3C(=O)c4c(c(F)c(F)c(CNCC(C)(C)C)c4OCCCC)C[C@H]3C[C@H]1[C@@H]2N(C)C. The summed E-state index contributed by atoms with van der Waals surface area (Å²) in [5.74, 6) is -6.52. The van der Waals surface area contributed by atoms with Crippen molar-refractivity contribution in [3.8, 4) is 11.6 Å². The lowest BCUT2D eigenvalue weighted by Gasteiger charge is -2.49. The van der Waals surface area contributed by atoms with E-state index in [9.17, 15) is 19.8 Å². The molecule has 3 N–H and O–H groups in total. The molecule has 0 radical (unpaired) electrons. The summed E-state index contributed by atoms with van der Waals surface area (Å²) in [4.78, 5) is 30.4. The fourth-order valence-corrected chi connectivity index (χ4v) is 7.13. The zero-order valence-electron chi connectivity index (χ0n) is 28.4. The van der Waals surface area contributed by atoms with Crippen LogP contribution in [0.1, 0.15) is 110 Å². The highest BCUT2D eigenvalue weighted by atomic mass is 19.2. The molecule has 3 aliphatic carbocycles. The van der Waals surface area contributed by atoms with Gasteiger partial charge < -0.3 is 29.5 Å². The molecule has 0 unspecified atom stereocenters. The van der Waals surface area contributed by atoms with Gasteiger partial charge in [0.2, 0.25) is 5.78 Å². The average molecular weight is 660 g/mol. The topological polar surface area (TPSA) is 134 Å². The average Bonchev–Trinajstić information content (AvgIpc) is 3.41. The number of aliphatic hydroxyl groups excluding tert-OH is 1. The van der Waals surface area contributed by atoms with Gasteiger partial charge in [0.05, 0.1) is 24.8 Å². The third kappa shape index (κ3) is 5.97. The third-order valence-corrected chi connectivity index (χ3v) is 9.45. The molecule has 12 heteroatoms. The van der Waals surface area contributed by atoms with Crippen molar-refractivity contribution in [3.63, 3.8) is 0 Å². The second-order valence-corrected chi connectivity index (χ2v) is 14.4. The molecule has 0 fully saturated rings. The number of nitrogens with one attached hydrogen (secondary N) is 1. The van der Waals surface area contributed by atoms with Crippen LogP contribution < -0.4 is 14.8 Å². The molecule has 0 aliphatic heterocycles. The Hall–Kier alpha value is -3.35. The summed E-state index contributed by atoms with van der Waals surface area (Å²) in [5.41, 5.74) is -3.40. The molecular formula is C35H47F2N3O7. The number of aliphatic hydroxyl groups is 2. The summed E-state index contributed by atoms with van der Waals surface area (Å²) in [6, 6.07) is -0.755. The van der Waals surface area contributed by atoms with Crippen LogP contribution in [0, 0.1) is 28.9 Å². The molecule has 0 bridgehead atoms. The molecule has 47 heavy (non-hydrogen) atoms. The van der Waals surface area contributed by atoms with Gasteiger partial charge in [-0.05, 0) is 56.3 Å². The first-order valence-electron chi connectivity index (χ1n) is 16.6. The highest BCUT2D eigenvalue weighted by Crippen LogP contribution is 2.56. The van der Waals surface area contributed by atoms with Crippen molar-refractivity contribution in [2.75, 3.05) is 33.9 Å². The van der Waals surface area contributed by atoms with Crippen LogP contribution in [0.3, 0.4) is 0 Å². The molecule has 5 rings (SSSR count). The number of nitrogens with zero attached hydrogens (tertiary/aromatic N) is 2. The Balaban J connectivity index is 1.65. The van der Waals surface area contributed by atoms with Gasteiger partial charge in [0.15, 0.2) is 28.8 Å². The molecule has 1 aromatic heterocycles. The van der Waals surface area contributed by atoms with E-state index in [1.54, 1.807) is 19.0 Å². The second kappa shape index (κ2) is 13.3. The molecule has 1 aromatic carbocycles. The number of aromatic nitrogens is 1. The Morgan fingerprint density at radius 3 is 2.34 bits per heavy atom. The van der Waals surface area contributed by atoms with Gasteiger partial charge in [-0.2, -0.15) is 0 Å². The van der Waals surface area contributed by atoms with Crippen LogP contribution in [-0.2, 0) is 13.0 Å². The van der Waals surface area contributed by atoms with Crippen molar-refractivity contribution in [1.82, 2.24) is 15.4 Å². The number of ether oxygens (including phenoxy) is 2. The first kappa shape index (κ1) is 35.0. The maximum Gasteiger partial charge on any atom is 0.265 e. The molecule has 0 saturated heterocycles. The van der Waals surface area contributed by atoms with Crippen molar-refractivity contribution in [2.24, 2.45) is 17.3 Å². The first-order valence-corrected chi connectivity index (χ1v) is 16.6. The van der Waals surface area contributed by atoms with Crippen molar-refractivity contribution in [1.29, 1.82) is 0 Å². The van der Waals surface area contributed by atoms with Crippen molar-refractivity contribution in [3.05, 3.63) is 51.0 Å². The quantitative estimate of drug-likeness (QED) is 0.238. The number of unbranched alkanes of at least 4 members (excludes halogenated alkanes) is 2. The highest BCUT2D eigenvalue weighted by molar-refractivity contribution is 6.16.